The third-order valence-electron chi connectivity index (χ3n) is 4.81. The Balaban J connectivity index is 1.74. The van der Waals surface area contributed by atoms with Crippen molar-refractivity contribution in [3.8, 4) is 5.75 Å². The van der Waals surface area contributed by atoms with E-state index < -0.39 is 0 Å². The van der Waals surface area contributed by atoms with Crippen LogP contribution in [0.5, 0.6) is 5.75 Å². The van der Waals surface area contributed by atoms with Gasteiger partial charge in [-0.2, -0.15) is 0 Å². The summed E-state index contributed by atoms with van der Waals surface area (Å²) in [5.74, 6) is 0.536. The highest BCUT2D eigenvalue weighted by molar-refractivity contribution is 5.94. The van der Waals surface area contributed by atoms with Crippen LogP contribution >= 0.6 is 0 Å². The van der Waals surface area contributed by atoms with Crippen molar-refractivity contribution < 1.29 is 18.7 Å². The van der Waals surface area contributed by atoms with E-state index in [0.717, 1.165) is 11.2 Å². The molecule has 0 radical (unpaired) electrons. The highest BCUT2D eigenvalue weighted by atomic mass is 19.1. The van der Waals surface area contributed by atoms with Crippen LogP contribution in [0.1, 0.15) is 16.2 Å². The summed E-state index contributed by atoms with van der Waals surface area (Å²) in [5, 5.41) is 3.12. The van der Waals surface area contributed by atoms with Crippen molar-refractivity contribution in [2.75, 3.05) is 38.7 Å². The molecule has 2 aromatic heterocycles. The topological polar surface area (TPSA) is 68.1 Å². The van der Waals surface area contributed by atoms with Crippen molar-refractivity contribution in [2.24, 2.45) is 0 Å². The normalized spacial score (nSPS) is 14.3. The number of aromatic nitrogens is 2. The first kappa shape index (κ1) is 18.2. The van der Waals surface area contributed by atoms with Crippen LogP contribution in [0, 0.1) is 12.7 Å². The zero-order chi connectivity index (χ0) is 19.7. The molecule has 7 nitrogen and oxygen atoms in total. The molecule has 1 aromatic carbocycles. The number of fused-ring (bicyclic) bond motifs is 1. The summed E-state index contributed by atoms with van der Waals surface area (Å²) < 4.78 is 26.2. The summed E-state index contributed by atoms with van der Waals surface area (Å²) in [7, 11) is 1.52. The van der Waals surface area contributed by atoms with Gasteiger partial charge in [0.2, 0.25) is 0 Å². The highest BCUT2D eigenvalue weighted by Crippen LogP contribution is 2.30. The summed E-state index contributed by atoms with van der Waals surface area (Å²) in [6, 6.07) is 8.03. The number of nitrogens with zero attached hydrogens (tertiary/aromatic N) is 3. The second kappa shape index (κ2) is 7.47. The van der Waals surface area contributed by atoms with Crippen LogP contribution in [-0.2, 0) is 4.74 Å². The lowest BCUT2D eigenvalue weighted by Gasteiger charge is -2.27. The molecule has 3 heterocycles. The lowest BCUT2D eigenvalue weighted by Crippen LogP contribution is -2.41. The van der Waals surface area contributed by atoms with Crippen molar-refractivity contribution in [1.29, 1.82) is 0 Å². The molecule has 4 rings (SSSR count). The fourth-order valence-electron chi connectivity index (χ4n) is 3.37. The van der Waals surface area contributed by atoms with Crippen LogP contribution in [0.25, 0.3) is 5.52 Å². The van der Waals surface area contributed by atoms with Crippen LogP contribution in [0.3, 0.4) is 0 Å². The number of hydrogen-bond donors (Lipinski definition) is 1. The third kappa shape index (κ3) is 3.27. The molecule has 0 bridgehead atoms. The Bertz CT molecular complexity index is 1030. The summed E-state index contributed by atoms with van der Waals surface area (Å²) in [5.41, 5.74) is 2.57. The first-order valence-electron chi connectivity index (χ1n) is 9.03. The molecule has 28 heavy (non-hydrogen) atoms. The molecule has 1 saturated heterocycles. The van der Waals surface area contributed by atoms with Crippen molar-refractivity contribution in [1.82, 2.24) is 14.3 Å². The van der Waals surface area contributed by atoms with E-state index in [1.165, 1.54) is 19.2 Å². The van der Waals surface area contributed by atoms with Gasteiger partial charge in [0.1, 0.15) is 17.3 Å². The number of methoxy groups -OCH3 is 1. The molecule has 0 unspecified atom stereocenters. The number of halogens is 1. The number of amides is 1. The van der Waals surface area contributed by atoms with Crippen LogP contribution < -0.4 is 10.1 Å². The fraction of sp³-hybridized carbons (Fsp3) is 0.300. The SMILES string of the molecule is COc1ccc(F)cc1Nc1ncc(C(=O)N2CCOCC2)n2c(C)ccc12. The number of benzene rings is 1. The van der Waals surface area contributed by atoms with Crippen molar-refractivity contribution in [3.05, 3.63) is 53.7 Å². The monoisotopic (exact) mass is 384 g/mol. The summed E-state index contributed by atoms with van der Waals surface area (Å²) in [6.07, 6.45) is 1.55. The van der Waals surface area contributed by atoms with Gasteiger partial charge in [-0.3, -0.25) is 4.79 Å². The third-order valence-corrected chi connectivity index (χ3v) is 4.81. The van der Waals surface area contributed by atoms with Gasteiger partial charge in [0, 0.05) is 24.8 Å². The standard InChI is InChI=1S/C20H21FN4O3/c1-13-3-5-16-19(23-15-11-14(21)4-6-18(15)27-2)22-12-17(25(13)16)20(26)24-7-9-28-10-8-24/h3-6,11-12H,7-10H2,1-2H3,(H,22,23). The number of ether oxygens (including phenoxy) is 2. The van der Waals surface area contributed by atoms with Gasteiger partial charge in [-0.25, -0.2) is 9.37 Å². The Hall–Kier alpha value is -3.13. The van der Waals surface area contributed by atoms with Crippen LogP contribution in [0.2, 0.25) is 0 Å². The largest absolute Gasteiger partial charge is 0.495 e. The minimum Gasteiger partial charge on any atom is -0.495 e. The molecule has 3 aromatic rings. The first-order chi connectivity index (χ1) is 13.6. The summed E-state index contributed by atoms with van der Waals surface area (Å²) in [6.45, 7) is 4.11. The maximum atomic E-state index is 13.7. The van der Waals surface area contributed by atoms with Crippen molar-refractivity contribution in [3.63, 3.8) is 0 Å². The molecule has 0 spiro atoms. The molecular formula is C20H21FN4O3. The van der Waals surface area contributed by atoms with Gasteiger partial charge in [0.15, 0.2) is 5.82 Å². The predicted molar refractivity (Wildman–Crippen MR) is 103 cm³/mol. The van der Waals surface area contributed by atoms with E-state index in [9.17, 15) is 9.18 Å². The molecule has 8 heteroatoms. The van der Waals surface area contributed by atoms with E-state index >= 15 is 0 Å². The molecule has 146 valence electrons. The Kier molecular flexibility index (Phi) is 4.87. The quantitative estimate of drug-likeness (QED) is 0.749. The molecular weight excluding hydrogens is 363 g/mol. The molecule has 1 N–H and O–H groups in total. The van der Waals surface area contributed by atoms with Gasteiger partial charge in [-0.05, 0) is 31.2 Å². The highest BCUT2D eigenvalue weighted by Gasteiger charge is 2.23. The van der Waals surface area contributed by atoms with Crippen molar-refractivity contribution in [2.45, 2.75) is 6.92 Å². The lowest BCUT2D eigenvalue weighted by molar-refractivity contribution is 0.0297. The molecule has 0 saturated carbocycles. The number of aryl methyl sites for hydroxylation is 1. The Morgan fingerprint density at radius 2 is 2.04 bits per heavy atom. The average Bonchev–Trinajstić information content (AvgIpc) is 3.11. The Morgan fingerprint density at radius 1 is 1.25 bits per heavy atom. The maximum absolute atomic E-state index is 13.7. The number of morpholine rings is 1. The molecule has 0 aliphatic carbocycles. The van der Waals surface area contributed by atoms with E-state index in [1.54, 1.807) is 17.2 Å². The van der Waals surface area contributed by atoms with Crippen LogP contribution in [0.4, 0.5) is 15.9 Å². The maximum Gasteiger partial charge on any atom is 0.272 e. The number of nitrogens with one attached hydrogen (secondary N) is 1. The zero-order valence-electron chi connectivity index (χ0n) is 15.7. The number of anilines is 2. The van der Waals surface area contributed by atoms with E-state index in [0.29, 0.717) is 49.3 Å². The zero-order valence-corrected chi connectivity index (χ0v) is 15.7. The van der Waals surface area contributed by atoms with E-state index in [1.807, 2.05) is 23.5 Å². The second-order valence-corrected chi connectivity index (χ2v) is 6.56. The number of carbonyl (C=O) groups excluding carboxylic acids is 1. The smallest absolute Gasteiger partial charge is 0.272 e. The Labute approximate surface area is 161 Å². The van der Waals surface area contributed by atoms with Gasteiger partial charge < -0.3 is 24.1 Å². The molecule has 1 fully saturated rings. The van der Waals surface area contributed by atoms with Crippen molar-refractivity contribution >= 4 is 22.9 Å². The van der Waals surface area contributed by atoms with Gasteiger partial charge in [0.25, 0.3) is 5.91 Å². The second-order valence-electron chi connectivity index (χ2n) is 6.56. The summed E-state index contributed by atoms with van der Waals surface area (Å²) in [4.78, 5) is 19.2. The number of carbonyl (C=O) groups is 1. The number of rotatable bonds is 4. The average molecular weight is 384 g/mol. The first-order valence-corrected chi connectivity index (χ1v) is 9.03. The Morgan fingerprint density at radius 3 is 2.79 bits per heavy atom. The number of hydrogen-bond acceptors (Lipinski definition) is 5. The van der Waals surface area contributed by atoms with E-state index in [-0.39, 0.29) is 11.7 Å². The fourth-order valence-corrected chi connectivity index (χ4v) is 3.37. The van der Waals surface area contributed by atoms with Gasteiger partial charge in [-0.1, -0.05) is 0 Å². The molecule has 1 amide bonds. The predicted octanol–water partition coefficient (Wildman–Crippen LogP) is 3.01. The minimum atomic E-state index is -0.384. The molecule has 0 atom stereocenters. The van der Waals surface area contributed by atoms with E-state index in [4.69, 9.17) is 9.47 Å². The lowest BCUT2D eigenvalue weighted by atomic mass is 10.2. The molecule has 1 aliphatic rings. The van der Waals surface area contributed by atoms with Gasteiger partial charge in [0.05, 0.1) is 37.7 Å². The molecule has 1 aliphatic heterocycles. The summed E-state index contributed by atoms with van der Waals surface area (Å²) >= 11 is 0. The van der Waals surface area contributed by atoms with Gasteiger partial charge in [-0.15, -0.1) is 0 Å². The minimum absolute atomic E-state index is 0.0880. The van der Waals surface area contributed by atoms with Gasteiger partial charge >= 0.3 is 0 Å². The van der Waals surface area contributed by atoms with E-state index in [2.05, 4.69) is 10.3 Å². The van der Waals surface area contributed by atoms with Crippen LogP contribution in [-0.4, -0.2) is 53.6 Å². The van der Waals surface area contributed by atoms with Crippen LogP contribution in [0.15, 0.2) is 36.5 Å².